The number of rotatable bonds is 11. The van der Waals surface area contributed by atoms with Crippen LogP contribution in [0.5, 0.6) is 0 Å². The van der Waals surface area contributed by atoms with Crippen molar-refractivity contribution in [2.75, 3.05) is 25.6 Å². The van der Waals surface area contributed by atoms with E-state index < -0.39 is 17.9 Å². The number of unbranched alkanes of at least 4 members (excludes halogenated alkanes) is 1. The lowest BCUT2D eigenvalue weighted by atomic mass is 10.4. The molecule has 116 valence electrons. The molecular formula is C10H25O6S2Si+. The van der Waals surface area contributed by atoms with Crippen LogP contribution in [0.15, 0.2) is 0 Å². The molecule has 0 aliphatic carbocycles. The zero-order chi connectivity index (χ0) is 14.8. The van der Waals surface area contributed by atoms with Crippen LogP contribution in [0.2, 0.25) is 6.04 Å². The molecule has 6 nitrogen and oxygen atoms in total. The molecular weight excluding hydrogens is 308 g/mol. The summed E-state index contributed by atoms with van der Waals surface area (Å²) in [7, 11) is -5.63. The van der Waals surface area contributed by atoms with E-state index in [4.69, 9.17) is 22.4 Å². The normalized spacial score (nSPS) is 12.7. The fourth-order valence-corrected chi connectivity index (χ4v) is 5.84. The molecule has 19 heavy (non-hydrogen) atoms. The maximum Gasteiger partial charge on any atom is 0.500 e. The Morgan fingerprint density at radius 1 is 1.00 bits per heavy atom. The third kappa shape index (κ3) is 9.85. The molecule has 0 amide bonds. The van der Waals surface area contributed by atoms with Gasteiger partial charge in [0, 0.05) is 32.3 Å². The Morgan fingerprint density at radius 2 is 1.47 bits per heavy atom. The topological polar surface area (TPSA) is 85.2 Å². The predicted octanol–water partition coefficient (Wildman–Crippen LogP) is 2.04. The molecule has 0 spiro atoms. The van der Waals surface area contributed by atoms with E-state index in [2.05, 4.69) is 0 Å². The van der Waals surface area contributed by atoms with Gasteiger partial charge in [0.2, 0.25) is 0 Å². The van der Waals surface area contributed by atoms with Crippen LogP contribution in [0.4, 0.5) is 0 Å². The minimum atomic E-state index is -3.69. The Morgan fingerprint density at radius 3 is 1.84 bits per heavy atom. The summed E-state index contributed by atoms with van der Waals surface area (Å²) in [4.78, 5) is 0. The van der Waals surface area contributed by atoms with E-state index in [1.165, 1.54) is 0 Å². The molecule has 0 atom stereocenters. The molecule has 0 aromatic heterocycles. The van der Waals surface area contributed by atoms with Crippen molar-refractivity contribution in [1.29, 1.82) is 0 Å². The quantitative estimate of drug-likeness (QED) is 0.342. The highest BCUT2D eigenvalue weighted by molar-refractivity contribution is 8.34. The molecule has 0 radical (unpaired) electrons. The van der Waals surface area contributed by atoms with E-state index in [0.717, 1.165) is 6.42 Å². The molecule has 0 aromatic carbocycles. The smallest absolute Gasteiger partial charge is 0.374 e. The number of hydrogen-bond donors (Lipinski definition) is 2. The van der Waals surface area contributed by atoms with Gasteiger partial charge in [0.25, 0.3) is 10.3 Å². The second kappa shape index (κ2) is 10.2. The second-order valence-corrected chi connectivity index (χ2v) is 9.99. The highest BCUT2D eigenvalue weighted by atomic mass is 32.9. The molecule has 2 N–H and O–H groups in total. The summed E-state index contributed by atoms with van der Waals surface area (Å²) in [6.45, 7) is 7.35. The summed E-state index contributed by atoms with van der Waals surface area (Å²) in [5, 5.41) is 0. The van der Waals surface area contributed by atoms with Crippen molar-refractivity contribution in [3.63, 3.8) is 0 Å². The van der Waals surface area contributed by atoms with Gasteiger partial charge in [0.05, 0.1) is 0 Å². The highest BCUT2D eigenvalue weighted by Gasteiger charge is 2.39. The Balaban J connectivity index is 4.28. The summed E-state index contributed by atoms with van der Waals surface area (Å²) in [6, 6.07) is 0.682. The first-order valence-electron chi connectivity index (χ1n) is 6.44. The zero-order valence-corrected chi connectivity index (χ0v) is 14.4. The number of hydrogen-bond acceptors (Lipinski definition) is 4. The van der Waals surface area contributed by atoms with Crippen molar-refractivity contribution in [2.45, 2.75) is 39.7 Å². The summed E-state index contributed by atoms with van der Waals surface area (Å²) < 4.78 is 45.2. The highest BCUT2D eigenvalue weighted by Crippen LogP contribution is 2.19. The lowest BCUT2D eigenvalue weighted by Crippen LogP contribution is -2.45. The van der Waals surface area contributed by atoms with Gasteiger partial charge in [-0.2, -0.15) is 4.21 Å². The van der Waals surface area contributed by atoms with Gasteiger partial charge in [-0.1, -0.05) is 0 Å². The van der Waals surface area contributed by atoms with Crippen LogP contribution in [0.25, 0.3) is 0 Å². The van der Waals surface area contributed by atoms with Gasteiger partial charge in [-0.3, -0.25) is 9.11 Å². The monoisotopic (exact) mass is 333 g/mol. The molecule has 0 fully saturated rings. The lowest BCUT2D eigenvalue weighted by molar-refractivity contribution is 0.0708. The molecule has 0 rings (SSSR count). The summed E-state index contributed by atoms with van der Waals surface area (Å²) in [6.07, 6.45) is 1.47. The van der Waals surface area contributed by atoms with Gasteiger partial charge >= 0.3 is 17.9 Å². The Kier molecular flexibility index (Phi) is 10.4. The van der Waals surface area contributed by atoms with E-state index in [1.807, 2.05) is 20.8 Å². The molecule has 0 saturated carbocycles. The van der Waals surface area contributed by atoms with Crippen LogP contribution in [0.3, 0.4) is 0 Å². The molecule has 0 saturated heterocycles. The van der Waals surface area contributed by atoms with Crippen LogP contribution in [-0.4, -0.2) is 47.7 Å². The first kappa shape index (κ1) is 19.4. The molecule has 0 bridgehead atoms. The third-order valence-corrected chi connectivity index (χ3v) is 7.54. The van der Waals surface area contributed by atoms with Crippen LogP contribution in [-0.2, 0) is 32.7 Å². The molecule has 0 aliphatic heterocycles. The molecule has 0 aromatic rings. The lowest BCUT2D eigenvalue weighted by Gasteiger charge is -2.28. The molecule has 9 heteroatoms. The predicted molar refractivity (Wildman–Crippen MR) is 80.3 cm³/mol. The van der Waals surface area contributed by atoms with Crippen molar-refractivity contribution in [3.05, 3.63) is 0 Å². The minimum Gasteiger partial charge on any atom is -0.374 e. The van der Waals surface area contributed by atoms with Crippen LogP contribution in [0, 0.1) is 0 Å². The zero-order valence-electron chi connectivity index (χ0n) is 11.8. The largest absolute Gasteiger partial charge is 0.500 e. The maximum atomic E-state index is 10.7. The summed E-state index contributed by atoms with van der Waals surface area (Å²) in [5.41, 5.74) is 0. The van der Waals surface area contributed by atoms with E-state index in [0.29, 0.717) is 48.4 Å². The standard InChI is InChI=1S/C10H24O6S2Si/c1-4-14-19(15-5-2,16-6-3)10-8-7-9-17-18(11,12)13/h4-10H2,1-3H3,(H-,11,12,13)/p+1. The van der Waals surface area contributed by atoms with E-state index >= 15 is 0 Å². The van der Waals surface area contributed by atoms with Crippen molar-refractivity contribution >= 4 is 28.2 Å². The Labute approximate surface area is 120 Å². The Bertz CT molecular complexity index is 318. The molecule has 0 aliphatic rings. The fraction of sp³-hybridized carbons (Fsp3) is 1.00. The van der Waals surface area contributed by atoms with Crippen molar-refractivity contribution in [3.8, 4) is 0 Å². The third-order valence-electron chi connectivity index (χ3n) is 2.21. The van der Waals surface area contributed by atoms with Crippen LogP contribution in [0.1, 0.15) is 33.6 Å². The molecule has 0 unspecified atom stereocenters. The van der Waals surface area contributed by atoms with Crippen LogP contribution < -0.4 is 0 Å². The summed E-state index contributed by atoms with van der Waals surface area (Å²) in [5.74, 6) is 0.417. The first-order valence-corrected chi connectivity index (χ1v) is 11.3. The van der Waals surface area contributed by atoms with Crippen molar-refractivity contribution in [1.82, 2.24) is 0 Å². The van der Waals surface area contributed by atoms with Gasteiger partial charge in [-0.15, -0.1) is 0 Å². The van der Waals surface area contributed by atoms with Crippen molar-refractivity contribution < 1.29 is 26.6 Å². The Hall–Kier alpha value is 0.387. The fourth-order valence-electron chi connectivity index (χ4n) is 1.61. The second-order valence-electron chi connectivity index (χ2n) is 3.71. The molecule has 0 heterocycles. The van der Waals surface area contributed by atoms with Gasteiger partial charge in [-0.25, -0.2) is 0 Å². The van der Waals surface area contributed by atoms with Gasteiger partial charge in [0.1, 0.15) is 0 Å². The van der Waals surface area contributed by atoms with E-state index in [9.17, 15) is 4.21 Å². The first-order chi connectivity index (χ1) is 8.89. The maximum absolute atomic E-state index is 10.7. The van der Waals surface area contributed by atoms with E-state index in [1.54, 1.807) is 0 Å². The van der Waals surface area contributed by atoms with Gasteiger partial charge < -0.3 is 13.3 Å². The van der Waals surface area contributed by atoms with Gasteiger partial charge in [-0.05, 0) is 27.2 Å². The van der Waals surface area contributed by atoms with Crippen LogP contribution >= 0.6 is 0 Å². The van der Waals surface area contributed by atoms with E-state index in [-0.39, 0.29) is 0 Å². The average molecular weight is 334 g/mol. The minimum absolute atomic E-state index is 0.417. The van der Waals surface area contributed by atoms with Gasteiger partial charge in [0.15, 0.2) is 5.75 Å². The SMILES string of the molecule is CCO[Si](CCCC[S+]=S(=O)(O)O)(OCC)OCC. The average Bonchev–Trinajstić information content (AvgIpc) is 2.28. The summed E-state index contributed by atoms with van der Waals surface area (Å²) >= 11 is 0. The van der Waals surface area contributed by atoms with Crippen molar-refractivity contribution in [2.24, 2.45) is 0 Å².